The zero-order chi connectivity index (χ0) is 43.0. The smallest absolute Gasteiger partial charge is 0.238 e. The van der Waals surface area contributed by atoms with Gasteiger partial charge in [-0.1, -0.05) is 178 Å². The molecule has 10 aromatic carbocycles. The van der Waals surface area contributed by atoms with Gasteiger partial charge in [-0.25, -0.2) is 4.98 Å². The number of para-hydroxylation sites is 2. The van der Waals surface area contributed by atoms with Crippen LogP contribution in [0.2, 0.25) is 0 Å². The van der Waals surface area contributed by atoms with Gasteiger partial charge in [0.05, 0.1) is 22.1 Å². The molecule has 0 atom stereocenters. The summed E-state index contributed by atoms with van der Waals surface area (Å²) in [6.45, 7) is 4.63. The molecule has 0 fully saturated rings. The van der Waals surface area contributed by atoms with Crippen molar-refractivity contribution < 1.29 is 0 Å². The van der Waals surface area contributed by atoms with Crippen molar-refractivity contribution in [2.24, 2.45) is 0 Å². The largest absolute Gasteiger partial charge is 0.309 e. The first-order valence-electron chi connectivity index (χ1n) is 22.4. The van der Waals surface area contributed by atoms with E-state index in [9.17, 15) is 0 Å². The molecular weight excluding hydrogens is 791 g/mol. The van der Waals surface area contributed by atoms with E-state index < -0.39 is 0 Å². The Hall–Kier alpha value is -8.41. The average Bonchev–Trinajstić information content (AvgIpc) is 3.97. The molecule has 0 radical (unpaired) electrons. The van der Waals surface area contributed by atoms with Crippen molar-refractivity contribution in [3.05, 3.63) is 211 Å². The molecule has 65 heavy (non-hydrogen) atoms. The van der Waals surface area contributed by atoms with Crippen LogP contribution < -0.4 is 0 Å². The second-order valence-corrected chi connectivity index (χ2v) is 17.9. The number of aromatic nitrogens is 5. The van der Waals surface area contributed by atoms with Crippen LogP contribution in [0.1, 0.15) is 25.0 Å². The van der Waals surface area contributed by atoms with E-state index in [0.29, 0.717) is 17.6 Å². The van der Waals surface area contributed by atoms with Gasteiger partial charge in [0.25, 0.3) is 0 Å². The predicted molar refractivity (Wildman–Crippen MR) is 269 cm³/mol. The van der Waals surface area contributed by atoms with Crippen LogP contribution in [0, 0.1) is 0 Å². The van der Waals surface area contributed by atoms with Gasteiger partial charge in [0.1, 0.15) is 0 Å². The van der Waals surface area contributed by atoms with Crippen molar-refractivity contribution in [2.75, 3.05) is 0 Å². The molecule has 0 spiro atoms. The third kappa shape index (κ3) is 5.01. The molecule has 0 amide bonds. The molecule has 0 N–H and O–H groups in total. The molecule has 0 saturated heterocycles. The topological polar surface area (TPSA) is 48.5 Å². The fourth-order valence-corrected chi connectivity index (χ4v) is 11.3. The van der Waals surface area contributed by atoms with E-state index in [1.54, 1.807) is 0 Å². The second kappa shape index (κ2) is 13.3. The lowest BCUT2D eigenvalue weighted by atomic mass is 9.82. The summed E-state index contributed by atoms with van der Waals surface area (Å²) in [5, 5.41) is 12.3. The highest BCUT2D eigenvalue weighted by molar-refractivity contribution is 6.29. The number of hydrogen-bond acceptors (Lipinski definition) is 3. The van der Waals surface area contributed by atoms with E-state index in [-0.39, 0.29) is 5.41 Å². The molecule has 14 rings (SSSR count). The molecule has 304 valence electrons. The van der Waals surface area contributed by atoms with Gasteiger partial charge in [0.2, 0.25) is 5.95 Å². The van der Waals surface area contributed by atoms with Gasteiger partial charge < -0.3 is 4.57 Å². The molecule has 1 aliphatic rings. The second-order valence-electron chi connectivity index (χ2n) is 17.9. The fraction of sp³-hybridized carbons (Fsp3) is 0.0500. The van der Waals surface area contributed by atoms with Crippen LogP contribution in [0.5, 0.6) is 0 Å². The zero-order valence-corrected chi connectivity index (χ0v) is 35.8. The molecule has 3 aromatic heterocycles. The Bertz CT molecular complexity index is 4120. The first-order valence-corrected chi connectivity index (χ1v) is 22.4. The van der Waals surface area contributed by atoms with Crippen LogP contribution in [0.15, 0.2) is 200 Å². The van der Waals surface area contributed by atoms with E-state index in [1.165, 1.54) is 70.7 Å². The summed E-state index contributed by atoms with van der Waals surface area (Å²) < 4.78 is 4.70. The van der Waals surface area contributed by atoms with Gasteiger partial charge in [-0.05, 0) is 91.0 Å². The maximum absolute atomic E-state index is 5.48. The van der Waals surface area contributed by atoms with Gasteiger partial charge in [-0.3, -0.25) is 4.57 Å². The third-order valence-corrected chi connectivity index (χ3v) is 14.2. The first-order chi connectivity index (χ1) is 32.0. The fourth-order valence-electron chi connectivity index (χ4n) is 11.3. The predicted octanol–water partition coefficient (Wildman–Crippen LogP) is 15.2. The van der Waals surface area contributed by atoms with Crippen molar-refractivity contribution in [2.45, 2.75) is 19.3 Å². The van der Waals surface area contributed by atoms with E-state index >= 15 is 0 Å². The maximum atomic E-state index is 5.48. The van der Waals surface area contributed by atoms with Gasteiger partial charge >= 0.3 is 0 Å². The molecule has 3 heterocycles. The van der Waals surface area contributed by atoms with Gasteiger partial charge in [0.15, 0.2) is 11.6 Å². The summed E-state index contributed by atoms with van der Waals surface area (Å²) in [5.74, 6) is 1.87. The number of benzene rings is 10. The van der Waals surface area contributed by atoms with Crippen LogP contribution in [0.3, 0.4) is 0 Å². The van der Waals surface area contributed by atoms with Crippen LogP contribution in [-0.4, -0.2) is 24.1 Å². The van der Waals surface area contributed by atoms with Crippen LogP contribution in [-0.2, 0) is 5.41 Å². The molecule has 13 aromatic rings. The Morgan fingerprint density at radius 3 is 1.55 bits per heavy atom. The average molecular weight is 830 g/mol. The van der Waals surface area contributed by atoms with Crippen molar-refractivity contribution in [1.29, 1.82) is 0 Å². The lowest BCUT2D eigenvalue weighted by Crippen LogP contribution is -2.14. The minimum absolute atomic E-state index is 0.160. The maximum Gasteiger partial charge on any atom is 0.238 e. The van der Waals surface area contributed by atoms with Crippen molar-refractivity contribution in [3.8, 4) is 45.5 Å². The highest BCUT2D eigenvalue weighted by atomic mass is 15.2. The Labute approximate surface area is 374 Å². The molecule has 0 unspecified atom stereocenters. The SMILES string of the molecule is CC1(C)c2ccccc2-c2c(-c3nc(-c4ccccc4)nc(-n4c5ccccc5c5c6c7ccccc7n(-c7ccc8c9ccccc9c9ccccc9c8c7)c6ccc54)n3)cccc21. The summed E-state index contributed by atoms with van der Waals surface area (Å²) in [5.41, 5.74) is 12.3. The zero-order valence-electron chi connectivity index (χ0n) is 35.8. The number of nitrogens with zero attached hydrogens (tertiary/aromatic N) is 5. The Morgan fingerprint density at radius 1 is 0.354 bits per heavy atom. The molecule has 5 nitrogen and oxygen atoms in total. The van der Waals surface area contributed by atoms with Gasteiger partial charge in [-0.2, -0.15) is 9.97 Å². The standard InChI is InChI=1S/C60H39N5/c1-60(2)48-27-13-10-23-43(48)54-46(26-16-28-49(54)60)58-61-57(36-17-4-3-5-18-36)62-59(63-58)65-51-30-15-12-25-45(51)56-53(65)34-33-52-55(56)44-24-11-14-29-50(44)64(52)37-31-32-42-40-21-7-6-19-38(40)39-20-8-9-22-41(39)47(42)35-37/h3-35H,1-2H3. The molecule has 0 saturated carbocycles. The summed E-state index contributed by atoms with van der Waals surface area (Å²) in [4.78, 5) is 16.1. The van der Waals surface area contributed by atoms with Crippen molar-refractivity contribution in [1.82, 2.24) is 24.1 Å². The summed E-state index contributed by atoms with van der Waals surface area (Å²) in [6, 6.07) is 72.3. The highest BCUT2D eigenvalue weighted by Gasteiger charge is 2.37. The minimum atomic E-state index is -0.160. The molecule has 5 heteroatoms. The molecular formula is C60H39N5. The third-order valence-electron chi connectivity index (χ3n) is 14.2. The first kappa shape index (κ1) is 36.1. The molecule has 1 aliphatic carbocycles. The van der Waals surface area contributed by atoms with E-state index in [4.69, 9.17) is 15.0 Å². The monoisotopic (exact) mass is 829 g/mol. The Balaban J connectivity index is 1.05. The van der Waals surface area contributed by atoms with Gasteiger partial charge in [-0.15, -0.1) is 0 Å². The Morgan fingerprint density at radius 2 is 0.862 bits per heavy atom. The normalized spacial score (nSPS) is 13.2. The van der Waals surface area contributed by atoms with E-state index in [0.717, 1.165) is 44.3 Å². The van der Waals surface area contributed by atoms with E-state index in [2.05, 4.69) is 205 Å². The van der Waals surface area contributed by atoms with Crippen molar-refractivity contribution >= 4 is 75.9 Å². The number of hydrogen-bond donors (Lipinski definition) is 0. The minimum Gasteiger partial charge on any atom is -0.309 e. The quantitative estimate of drug-likeness (QED) is 0.166. The Kier molecular flexibility index (Phi) is 7.39. The highest BCUT2D eigenvalue weighted by Crippen LogP contribution is 2.52. The van der Waals surface area contributed by atoms with Crippen LogP contribution >= 0.6 is 0 Å². The van der Waals surface area contributed by atoms with E-state index in [1.807, 2.05) is 18.2 Å². The molecule has 0 aliphatic heterocycles. The summed E-state index contributed by atoms with van der Waals surface area (Å²) >= 11 is 0. The summed E-state index contributed by atoms with van der Waals surface area (Å²) in [6.07, 6.45) is 0. The van der Waals surface area contributed by atoms with Crippen LogP contribution in [0.4, 0.5) is 0 Å². The summed E-state index contributed by atoms with van der Waals surface area (Å²) in [7, 11) is 0. The molecule has 0 bridgehead atoms. The number of fused-ring (bicyclic) bond motifs is 16. The van der Waals surface area contributed by atoms with Crippen LogP contribution in [0.25, 0.3) is 121 Å². The number of rotatable bonds is 4. The lowest BCUT2D eigenvalue weighted by Gasteiger charge is -2.21. The lowest BCUT2D eigenvalue weighted by molar-refractivity contribution is 0.660. The van der Waals surface area contributed by atoms with Gasteiger partial charge in [0, 0.05) is 43.8 Å². The van der Waals surface area contributed by atoms with Crippen molar-refractivity contribution in [3.63, 3.8) is 0 Å².